The number of nitrogens with one attached hydrogen (secondary N) is 1. The van der Waals surface area contributed by atoms with Crippen LogP contribution >= 0.6 is 15.9 Å². The van der Waals surface area contributed by atoms with Gasteiger partial charge in [-0.2, -0.15) is 0 Å². The molecule has 1 aliphatic rings. The van der Waals surface area contributed by atoms with Crippen molar-refractivity contribution in [2.45, 2.75) is 18.8 Å². The molecule has 3 heteroatoms. The summed E-state index contributed by atoms with van der Waals surface area (Å²) in [4.78, 5) is 0. The van der Waals surface area contributed by atoms with Crippen molar-refractivity contribution in [2.75, 3.05) is 13.1 Å². The second kappa shape index (κ2) is 4.32. The van der Waals surface area contributed by atoms with Gasteiger partial charge in [0.25, 0.3) is 0 Å². The van der Waals surface area contributed by atoms with E-state index in [0.29, 0.717) is 11.7 Å². The van der Waals surface area contributed by atoms with Crippen LogP contribution in [0.4, 0.5) is 0 Å². The summed E-state index contributed by atoms with van der Waals surface area (Å²) in [7, 11) is 0. The summed E-state index contributed by atoms with van der Waals surface area (Å²) in [6.45, 7) is 2.08. The number of rotatable bonds is 1. The van der Waals surface area contributed by atoms with Gasteiger partial charge in [-0.3, -0.25) is 0 Å². The van der Waals surface area contributed by atoms with Gasteiger partial charge >= 0.3 is 0 Å². The predicted octanol–water partition coefficient (Wildman–Crippen LogP) is 2.62. The molecular formula is C11H14BrNO. The molecule has 1 saturated heterocycles. The Morgan fingerprint density at radius 3 is 3.00 bits per heavy atom. The van der Waals surface area contributed by atoms with Crippen LogP contribution in [0, 0.1) is 0 Å². The molecule has 0 spiro atoms. The van der Waals surface area contributed by atoms with Crippen LogP contribution in [0.2, 0.25) is 0 Å². The average Bonchev–Trinajstić information content (AvgIpc) is 2.23. The minimum absolute atomic E-state index is 0.404. The smallest absolute Gasteiger partial charge is 0.133 e. The van der Waals surface area contributed by atoms with Crippen molar-refractivity contribution in [1.29, 1.82) is 0 Å². The Bertz CT molecular complexity index is 321. The molecular weight excluding hydrogens is 242 g/mol. The first-order valence-corrected chi connectivity index (χ1v) is 5.76. The monoisotopic (exact) mass is 255 g/mol. The van der Waals surface area contributed by atoms with Gasteiger partial charge in [0.1, 0.15) is 5.75 Å². The highest BCUT2D eigenvalue weighted by Crippen LogP contribution is 2.35. The van der Waals surface area contributed by atoms with Crippen LogP contribution in [-0.4, -0.2) is 18.2 Å². The van der Waals surface area contributed by atoms with Crippen LogP contribution < -0.4 is 5.32 Å². The molecule has 1 aromatic rings. The van der Waals surface area contributed by atoms with E-state index in [9.17, 15) is 5.11 Å². The maximum atomic E-state index is 9.88. The summed E-state index contributed by atoms with van der Waals surface area (Å²) in [5, 5.41) is 13.2. The van der Waals surface area contributed by atoms with Crippen LogP contribution in [-0.2, 0) is 0 Å². The van der Waals surface area contributed by atoms with Crippen molar-refractivity contribution in [3.05, 3.63) is 28.2 Å². The van der Waals surface area contributed by atoms with Gasteiger partial charge in [-0.1, -0.05) is 12.1 Å². The lowest BCUT2D eigenvalue weighted by atomic mass is 9.91. The van der Waals surface area contributed by atoms with E-state index in [1.165, 1.54) is 6.42 Å². The molecule has 1 atom stereocenters. The molecule has 1 aromatic carbocycles. The Balaban J connectivity index is 2.26. The molecule has 14 heavy (non-hydrogen) atoms. The van der Waals surface area contributed by atoms with E-state index in [4.69, 9.17) is 0 Å². The third-order valence-corrected chi connectivity index (χ3v) is 3.39. The van der Waals surface area contributed by atoms with Crippen LogP contribution in [0.3, 0.4) is 0 Å². The first-order chi connectivity index (χ1) is 6.79. The molecule has 2 nitrogen and oxygen atoms in total. The Hall–Kier alpha value is -0.540. The lowest BCUT2D eigenvalue weighted by Gasteiger charge is -2.24. The molecule has 0 aliphatic carbocycles. The normalized spacial score (nSPS) is 22.2. The highest BCUT2D eigenvalue weighted by atomic mass is 79.9. The molecule has 0 saturated carbocycles. The largest absolute Gasteiger partial charge is 0.506 e. The van der Waals surface area contributed by atoms with Gasteiger partial charge < -0.3 is 10.4 Å². The second-order valence-corrected chi connectivity index (χ2v) is 4.58. The highest BCUT2D eigenvalue weighted by Gasteiger charge is 2.18. The van der Waals surface area contributed by atoms with Gasteiger partial charge in [0, 0.05) is 12.5 Å². The maximum absolute atomic E-state index is 9.88. The first-order valence-electron chi connectivity index (χ1n) is 4.97. The Morgan fingerprint density at radius 2 is 2.29 bits per heavy atom. The van der Waals surface area contributed by atoms with Crippen LogP contribution in [0.1, 0.15) is 24.3 Å². The van der Waals surface area contributed by atoms with Crippen molar-refractivity contribution in [1.82, 2.24) is 5.32 Å². The standard InChI is InChI=1S/C11H14BrNO/c12-10-5-1-4-9(11(10)14)8-3-2-6-13-7-8/h1,4-5,8,13-14H,2-3,6-7H2/t8-/m0/s1. The molecule has 1 heterocycles. The average molecular weight is 256 g/mol. The quantitative estimate of drug-likeness (QED) is 0.809. The van der Waals surface area contributed by atoms with Gasteiger partial charge in [-0.05, 0) is 46.9 Å². The van der Waals surface area contributed by atoms with Crippen LogP contribution in [0.15, 0.2) is 22.7 Å². The van der Waals surface area contributed by atoms with E-state index in [0.717, 1.165) is 29.5 Å². The minimum Gasteiger partial charge on any atom is -0.506 e. The summed E-state index contributed by atoms with van der Waals surface area (Å²) in [6.07, 6.45) is 2.35. The molecule has 0 amide bonds. The maximum Gasteiger partial charge on any atom is 0.133 e. The number of phenols is 1. The SMILES string of the molecule is Oc1c(Br)cccc1[C@H]1CCCNC1. The zero-order chi connectivity index (χ0) is 9.97. The number of para-hydroxylation sites is 1. The molecule has 2 N–H and O–H groups in total. The van der Waals surface area contributed by atoms with Crippen LogP contribution in [0.5, 0.6) is 5.75 Å². The Labute approximate surface area is 92.5 Å². The van der Waals surface area contributed by atoms with Crippen molar-refractivity contribution in [3.8, 4) is 5.75 Å². The molecule has 0 aromatic heterocycles. The number of piperidine rings is 1. The van der Waals surface area contributed by atoms with Crippen LogP contribution in [0.25, 0.3) is 0 Å². The van der Waals surface area contributed by atoms with Crippen molar-refractivity contribution in [3.63, 3.8) is 0 Å². The van der Waals surface area contributed by atoms with Gasteiger partial charge in [0.05, 0.1) is 4.47 Å². The van der Waals surface area contributed by atoms with E-state index < -0.39 is 0 Å². The van der Waals surface area contributed by atoms with Crippen molar-refractivity contribution < 1.29 is 5.11 Å². The van der Waals surface area contributed by atoms with E-state index in [1.807, 2.05) is 18.2 Å². The number of halogens is 1. The second-order valence-electron chi connectivity index (χ2n) is 3.72. The number of hydrogen-bond acceptors (Lipinski definition) is 2. The Morgan fingerprint density at radius 1 is 1.43 bits per heavy atom. The van der Waals surface area contributed by atoms with Gasteiger partial charge in [0.15, 0.2) is 0 Å². The zero-order valence-electron chi connectivity index (χ0n) is 7.96. The van der Waals surface area contributed by atoms with E-state index >= 15 is 0 Å². The summed E-state index contributed by atoms with van der Waals surface area (Å²) < 4.78 is 0.792. The summed E-state index contributed by atoms with van der Waals surface area (Å²) in [5.41, 5.74) is 1.06. The molecule has 76 valence electrons. The van der Waals surface area contributed by atoms with Gasteiger partial charge in [-0.25, -0.2) is 0 Å². The molecule has 0 radical (unpaired) electrons. The molecule has 1 aliphatic heterocycles. The first kappa shape index (κ1) is 9.99. The lowest BCUT2D eigenvalue weighted by molar-refractivity contribution is 0.424. The number of aromatic hydroxyl groups is 1. The fourth-order valence-electron chi connectivity index (χ4n) is 1.98. The van der Waals surface area contributed by atoms with Gasteiger partial charge in [0.2, 0.25) is 0 Å². The van der Waals surface area contributed by atoms with E-state index in [1.54, 1.807) is 0 Å². The fourth-order valence-corrected chi connectivity index (χ4v) is 2.36. The summed E-state index contributed by atoms with van der Waals surface area (Å²) >= 11 is 3.34. The predicted molar refractivity (Wildman–Crippen MR) is 60.7 cm³/mol. The van der Waals surface area contributed by atoms with E-state index in [2.05, 4.69) is 21.2 Å². The summed E-state index contributed by atoms with van der Waals surface area (Å²) in [6, 6.07) is 5.86. The number of phenolic OH excluding ortho intramolecular Hbond substituents is 1. The highest BCUT2D eigenvalue weighted by molar-refractivity contribution is 9.10. The molecule has 0 unspecified atom stereocenters. The van der Waals surface area contributed by atoms with E-state index in [-0.39, 0.29) is 0 Å². The summed E-state index contributed by atoms with van der Waals surface area (Å²) in [5.74, 6) is 0.863. The third-order valence-electron chi connectivity index (χ3n) is 2.75. The van der Waals surface area contributed by atoms with Crippen molar-refractivity contribution >= 4 is 15.9 Å². The van der Waals surface area contributed by atoms with Gasteiger partial charge in [-0.15, -0.1) is 0 Å². The minimum atomic E-state index is 0.404. The number of hydrogen-bond donors (Lipinski definition) is 2. The molecule has 0 bridgehead atoms. The fraction of sp³-hybridized carbons (Fsp3) is 0.455. The topological polar surface area (TPSA) is 32.3 Å². The van der Waals surface area contributed by atoms with Crippen molar-refractivity contribution in [2.24, 2.45) is 0 Å². The third kappa shape index (κ3) is 1.93. The lowest BCUT2D eigenvalue weighted by Crippen LogP contribution is -2.28. The Kier molecular flexibility index (Phi) is 3.08. The zero-order valence-corrected chi connectivity index (χ0v) is 9.55. The number of benzene rings is 1. The molecule has 1 fully saturated rings. The molecule has 2 rings (SSSR count).